The molecular formula is C42H47ClF2N9O6+. The van der Waals surface area contributed by atoms with E-state index in [1.807, 2.05) is 4.90 Å². The van der Waals surface area contributed by atoms with Gasteiger partial charge in [0.05, 0.1) is 74.9 Å². The molecule has 5 aromatic rings. The van der Waals surface area contributed by atoms with E-state index in [0.29, 0.717) is 62.7 Å². The lowest BCUT2D eigenvalue weighted by Crippen LogP contribution is -2.52. The number of quaternary nitrogens is 1. The molecule has 15 nitrogen and oxygen atoms in total. The number of nitrogens with zero attached hydrogens (tertiary/aromatic N) is 8. The maximum absolute atomic E-state index is 15.7. The highest BCUT2D eigenvalue weighted by Crippen LogP contribution is 2.33. The molecule has 2 aromatic carbocycles. The Hall–Kier alpha value is -6.20. The van der Waals surface area contributed by atoms with Gasteiger partial charge in [-0.3, -0.25) is 28.7 Å². The second kappa shape index (κ2) is 18.4. The summed E-state index contributed by atoms with van der Waals surface area (Å²) < 4.78 is 40.5. The molecule has 2 aliphatic heterocycles. The molecule has 7 rings (SSSR count). The maximum atomic E-state index is 15.7. The maximum Gasteiger partial charge on any atom is 0.292 e. The van der Waals surface area contributed by atoms with Crippen LogP contribution in [0.15, 0.2) is 71.9 Å². The minimum atomic E-state index is -1.11. The van der Waals surface area contributed by atoms with E-state index < -0.39 is 17.5 Å². The zero-order chi connectivity index (χ0) is 43.3. The zero-order valence-corrected chi connectivity index (χ0v) is 34.8. The van der Waals surface area contributed by atoms with E-state index >= 15 is 8.78 Å². The van der Waals surface area contributed by atoms with Gasteiger partial charge in [0.25, 0.3) is 23.8 Å². The molecule has 1 atom stereocenters. The normalized spacial score (nSPS) is 15.9. The second-order valence-corrected chi connectivity index (χ2v) is 15.8. The van der Waals surface area contributed by atoms with Crippen molar-refractivity contribution in [1.82, 2.24) is 33.7 Å². The van der Waals surface area contributed by atoms with Crippen LogP contribution in [-0.2, 0) is 34.5 Å². The van der Waals surface area contributed by atoms with Crippen LogP contribution in [0.5, 0.6) is 0 Å². The van der Waals surface area contributed by atoms with Crippen LogP contribution in [0.1, 0.15) is 33.1 Å². The van der Waals surface area contributed by atoms with Crippen LogP contribution < -0.4 is 10.9 Å². The number of anilines is 1. The molecule has 2 fully saturated rings. The molecule has 316 valence electrons. The summed E-state index contributed by atoms with van der Waals surface area (Å²) >= 11 is 6.55. The van der Waals surface area contributed by atoms with Gasteiger partial charge in [-0.05, 0) is 37.3 Å². The number of aromatic nitrogens is 5. The molecule has 2 saturated heterocycles. The SMILES string of the molecule is COC=O.Cc1nn(CCn2ccccc2=O)cc1-c1ccc(-c2cnc(C(=O)Nc3ccc(C(=O)N4CCN(C(=O)C5CC[N+](C)(C)C5)CC4)c(Cl)c3)n2C)c(F)c1F. The van der Waals surface area contributed by atoms with E-state index in [0.717, 1.165) is 24.0 Å². The van der Waals surface area contributed by atoms with Crippen molar-refractivity contribution in [2.24, 2.45) is 13.0 Å². The Bertz CT molecular complexity index is 2470. The predicted octanol–water partition coefficient (Wildman–Crippen LogP) is 4.47. The number of carbonyl (C=O) groups excluding carboxylic acids is 4. The number of nitrogens with one attached hydrogen (secondary N) is 1. The predicted molar refractivity (Wildman–Crippen MR) is 220 cm³/mol. The Morgan fingerprint density at radius 1 is 0.983 bits per heavy atom. The fourth-order valence-corrected chi connectivity index (χ4v) is 7.84. The average molecular weight is 847 g/mol. The highest BCUT2D eigenvalue weighted by atomic mass is 35.5. The third-order valence-corrected chi connectivity index (χ3v) is 11.1. The van der Waals surface area contributed by atoms with Gasteiger partial charge < -0.3 is 33.5 Å². The number of aryl methyl sites for hydroxylation is 3. The Kier molecular flexibility index (Phi) is 13.3. The van der Waals surface area contributed by atoms with Crippen molar-refractivity contribution in [2.45, 2.75) is 26.4 Å². The standard InChI is InChI=1S/C40H42ClF2N9O4.C2H4O2/c1-25-31(23-51(46-25)19-18-48-13-6-5-7-34(48)53)28-10-11-30(36(43)35(28)42)33-22-44-37(47(33)2)38(54)45-27-8-9-29(32(41)21-27)40(56)50-16-14-49(15-17-50)39(55)26-12-20-52(3,4)24-26;1-4-2-3/h5-11,13,21-23,26H,12,14-20,24H2,1-4H3;2H,1H3/p+1. The van der Waals surface area contributed by atoms with Crippen molar-refractivity contribution in [3.63, 3.8) is 0 Å². The van der Waals surface area contributed by atoms with Gasteiger partial charge in [0.2, 0.25) is 5.91 Å². The number of amides is 3. The van der Waals surface area contributed by atoms with E-state index in [2.05, 4.69) is 34.2 Å². The van der Waals surface area contributed by atoms with Crippen LogP contribution in [-0.4, -0.2) is 123 Å². The third kappa shape index (κ3) is 9.47. The minimum absolute atomic E-state index is 0.0115. The molecule has 0 saturated carbocycles. The first kappa shape index (κ1) is 43.4. The Morgan fingerprint density at radius 3 is 2.32 bits per heavy atom. The molecule has 0 spiro atoms. The number of piperazine rings is 1. The van der Waals surface area contributed by atoms with Gasteiger partial charge in [0.1, 0.15) is 0 Å². The lowest BCUT2D eigenvalue weighted by Gasteiger charge is -2.36. The number of likely N-dealkylation sites (tertiary alicyclic amines) is 1. The van der Waals surface area contributed by atoms with Gasteiger partial charge in [0.15, 0.2) is 17.5 Å². The van der Waals surface area contributed by atoms with Gasteiger partial charge in [-0.15, -0.1) is 0 Å². The lowest BCUT2D eigenvalue weighted by atomic mass is 10.0. The first-order valence-corrected chi connectivity index (χ1v) is 19.7. The number of carbonyl (C=O) groups is 4. The molecule has 0 radical (unpaired) electrons. The molecule has 1 N–H and O–H groups in total. The third-order valence-electron chi connectivity index (χ3n) is 10.8. The molecule has 1 unspecified atom stereocenters. The first-order valence-electron chi connectivity index (χ1n) is 19.3. The molecule has 0 aliphatic carbocycles. The fraction of sp³-hybridized carbons (Fsp3) is 0.357. The summed E-state index contributed by atoms with van der Waals surface area (Å²) in [6.07, 6.45) is 5.44. The van der Waals surface area contributed by atoms with E-state index in [4.69, 9.17) is 16.4 Å². The molecule has 5 heterocycles. The number of methoxy groups -OCH3 is 1. The van der Waals surface area contributed by atoms with Crippen molar-refractivity contribution >= 4 is 41.5 Å². The summed E-state index contributed by atoms with van der Waals surface area (Å²) in [5.41, 5.74) is 1.42. The van der Waals surface area contributed by atoms with E-state index in [1.54, 1.807) is 47.1 Å². The van der Waals surface area contributed by atoms with Gasteiger partial charge in [0, 0.05) is 87.0 Å². The second-order valence-electron chi connectivity index (χ2n) is 15.4. The largest absolute Gasteiger partial charge is 0.471 e. The van der Waals surface area contributed by atoms with E-state index in [1.165, 1.54) is 59.8 Å². The number of hydrogen-bond acceptors (Lipinski definition) is 8. The summed E-state index contributed by atoms with van der Waals surface area (Å²) in [5, 5.41) is 7.29. The van der Waals surface area contributed by atoms with Crippen molar-refractivity contribution in [3.8, 4) is 22.4 Å². The summed E-state index contributed by atoms with van der Waals surface area (Å²) in [6, 6.07) is 12.3. The number of ether oxygens (including phenoxy) is 1. The molecule has 60 heavy (non-hydrogen) atoms. The monoisotopic (exact) mass is 846 g/mol. The van der Waals surface area contributed by atoms with Crippen LogP contribution in [0.4, 0.5) is 14.5 Å². The minimum Gasteiger partial charge on any atom is -0.471 e. The van der Waals surface area contributed by atoms with Crippen molar-refractivity contribution in [1.29, 1.82) is 0 Å². The smallest absolute Gasteiger partial charge is 0.292 e. The first-order chi connectivity index (χ1) is 28.6. The quantitative estimate of drug-likeness (QED) is 0.160. The number of hydrogen-bond donors (Lipinski definition) is 1. The number of imidazole rings is 1. The summed E-state index contributed by atoms with van der Waals surface area (Å²) in [5.74, 6) is -2.99. The van der Waals surface area contributed by atoms with Crippen molar-refractivity contribution < 1.29 is 37.2 Å². The Labute approximate surface area is 350 Å². The van der Waals surface area contributed by atoms with Crippen LogP contribution in [0.2, 0.25) is 5.02 Å². The molecule has 0 bridgehead atoms. The van der Waals surface area contributed by atoms with Gasteiger partial charge in [-0.2, -0.15) is 5.10 Å². The summed E-state index contributed by atoms with van der Waals surface area (Å²) in [4.78, 5) is 68.5. The van der Waals surface area contributed by atoms with Gasteiger partial charge in [-0.25, -0.2) is 13.8 Å². The highest BCUT2D eigenvalue weighted by molar-refractivity contribution is 6.34. The zero-order valence-electron chi connectivity index (χ0n) is 34.0. The van der Waals surface area contributed by atoms with Crippen LogP contribution in [0.3, 0.4) is 0 Å². The van der Waals surface area contributed by atoms with Crippen LogP contribution in [0.25, 0.3) is 22.4 Å². The van der Waals surface area contributed by atoms with Gasteiger partial charge in [-0.1, -0.05) is 23.7 Å². The number of halogens is 3. The number of benzene rings is 2. The highest BCUT2D eigenvalue weighted by Gasteiger charge is 2.38. The average Bonchev–Trinajstić information content (AvgIpc) is 3.93. The molecular weight excluding hydrogens is 800 g/mol. The van der Waals surface area contributed by atoms with Crippen molar-refractivity contribution in [3.05, 3.63) is 111 Å². The summed E-state index contributed by atoms with van der Waals surface area (Å²) in [7, 11) is 7.09. The van der Waals surface area contributed by atoms with Gasteiger partial charge >= 0.3 is 0 Å². The van der Waals surface area contributed by atoms with E-state index in [9.17, 15) is 19.2 Å². The molecule has 3 aromatic heterocycles. The molecule has 3 amide bonds. The van der Waals surface area contributed by atoms with Crippen molar-refractivity contribution in [2.75, 3.05) is 65.8 Å². The topological polar surface area (TPSA) is 154 Å². The lowest BCUT2D eigenvalue weighted by molar-refractivity contribution is -0.878. The Morgan fingerprint density at radius 2 is 1.67 bits per heavy atom. The summed E-state index contributed by atoms with van der Waals surface area (Å²) in [6.45, 7) is 6.26. The molecule has 2 aliphatic rings. The molecule has 18 heteroatoms. The van der Waals surface area contributed by atoms with E-state index in [-0.39, 0.29) is 56.5 Å². The Balaban J connectivity index is 0.00000144. The van der Waals surface area contributed by atoms with Crippen LogP contribution in [0, 0.1) is 24.5 Å². The number of rotatable bonds is 10. The number of pyridine rings is 1. The van der Waals surface area contributed by atoms with Crippen LogP contribution >= 0.6 is 11.6 Å². The fourth-order valence-electron chi connectivity index (χ4n) is 7.58.